The molecule has 1 amide bonds. The van der Waals surface area contributed by atoms with E-state index in [0.717, 1.165) is 5.56 Å². The SMILES string of the molecule is O=C(O)c1ccc(C2(c3ccccc3)CN=C3C=C(O)C=CN3C2=O)cc1. The number of aliphatic hydroxyl groups excluding tert-OH is 1. The molecule has 2 aromatic carbocycles. The Bertz CT molecular complexity index is 1010. The van der Waals surface area contributed by atoms with Crippen LogP contribution in [-0.2, 0) is 10.2 Å². The molecule has 6 nitrogen and oxygen atoms in total. The van der Waals surface area contributed by atoms with Crippen LogP contribution in [0.4, 0.5) is 0 Å². The number of aliphatic hydroxyl groups is 1. The number of carbonyl (C=O) groups is 2. The Hall–Kier alpha value is -3.67. The highest BCUT2D eigenvalue weighted by Crippen LogP contribution is 2.38. The summed E-state index contributed by atoms with van der Waals surface area (Å²) in [7, 11) is 0. The Kier molecular flexibility index (Phi) is 3.88. The van der Waals surface area contributed by atoms with E-state index in [1.54, 1.807) is 12.1 Å². The largest absolute Gasteiger partial charge is 0.508 e. The third-order valence-corrected chi connectivity index (χ3v) is 4.87. The van der Waals surface area contributed by atoms with E-state index in [0.29, 0.717) is 11.4 Å². The maximum Gasteiger partial charge on any atom is 0.335 e. The minimum atomic E-state index is -1.08. The van der Waals surface area contributed by atoms with Gasteiger partial charge in [-0.3, -0.25) is 14.7 Å². The van der Waals surface area contributed by atoms with Crippen LogP contribution in [0.25, 0.3) is 0 Å². The normalized spacial score (nSPS) is 21.3. The lowest BCUT2D eigenvalue weighted by atomic mass is 9.72. The van der Waals surface area contributed by atoms with Gasteiger partial charge in [-0.2, -0.15) is 0 Å². The number of carboxylic acids is 1. The maximum absolute atomic E-state index is 13.6. The molecule has 134 valence electrons. The molecule has 2 aromatic rings. The molecule has 0 saturated carbocycles. The molecule has 2 heterocycles. The van der Waals surface area contributed by atoms with Crippen LogP contribution in [0.15, 0.2) is 83.7 Å². The average Bonchev–Trinajstić information content (AvgIpc) is 2.69. The number of amides is 1. The number of fused-ring (bicyclic) bond motifs is 1. The summed E-state index contributed by atoms with van der Waals surface area (Å²) in [5.74, 6) is -0.809. The Morgan fingerprint density at radius 2 is 1.70 bits per heavy atom. The molecule has 2 aliphatic heterocycles. The quantitative estimate of drug-likeness (QED) is 0.881. The van der Waals surface area contributed by atoms with Crippen LogP contribution >= 0.6 is 0 Å². The van der Waals surface area contributed by atoms with Gasteiger partial charge in [0, 0.05) is 12.3 Å². The number of carboxylic acid groups (broad SMARTS) is 1. The van der Waals surface area contributed by atoms with Gasteiger partial charge in [0.15, 0.2) is 0 Å². The highest BCUT2D eigenvalue weighted by molar-refractivity contribution is 6.12. The van der Waals surface area contributed by atoms with Crippen LogP contribution in [0.1, 0.15) is 21.5 Å². The number of aliphatic imine (C=N–C) groups is 1. The molecule has 1 unspecified atom stereocenters. The highest BCUT2D eigenvalue weighted by atomic mass is 16.4. The lowest BCUT2D eigenvalue weighted by Crippen LogP contribution is -2.53. The van der Waals surface area contributed by atoms with Crippen molar-refractivity contribution in [1.82, 2.24) is 4.90 Å². The lowest BCUT2D eigenvalue weighted by molar-refractivity contribution is -0.130. The smallest absolute Gasteiger partial charge is 0.335 e. The summed E-state index contributed by atoms with van der Waals surface area (Å²) in [5.41, 5.74) is 0.513. The van der Waals surface area contributed by atoms with E-state index in [1.165, 1.54) is 35.4 Å². The minimum Gasteiger partial charge on any atom is -0.508 e. The summed E-state index contributed by atoms with van der Waals surface area (Å²) in [6, 6.07) is 15.6. The molecule has 0 bridgehead atoms. The fraction of sp³-hybridized carbons (Fsp3) is 0.0952. The van der Waals surface area contributed by atoms with E-state index in [9.17, 15) is 14.7 Å². The lowest BCUT2D eigenvalue weighted by Gasteiger charge is -2.40. The highest BCUT2D eigenvalue weighted by Gasteiger charge is 2.48. The van der Waals surface area contributed by atoms with E-state index in [1.807, 2.05) is 30.3 Å². The van der Waals surface area contributed by atoms with Gasteiger partial charge in [0.25, 0.3) is 0 Å². The second-order valence-electron chi connectivity index (χ2n) is 6.39. The van der Waals surface area contributed by atoms with Crippen molar-refractivity contribution in [2.75, 3.05) is 6.54 Å². The standard InChI is InChI=1S/C21H16N2O4/c24-17-10-11-23-18(12-17)22-13-21(20(23)27,15-4-2-1-3-5-15)16-8-6-14(7-9-16)19(25)26/h1-12,24H,13H2,(H,25,26). The number of hydrogen-bond donors (Lipinski definition) is 2. The van der Waals surface area contributed by atoms with Crippen molar-refractivity contribution in [3.05, 3.63) is 95.4 Å². The molecule has 27 heavy (non-hydrogen) atoms. The molecule has 2 aliphatic rings. The zero-order chi connectivity index (χ0) is 19.0. The summed E-state index contributed by atoms with van der Waals surface area (Å²) in [4.78, 5) is 30.7. The zero-order valence-corrected chi connectivity index (χ0v) is 14.2. The summed E-state index contributed by atoms with van der Waals surface area (Å²) in [5, 5.41) is 18.8. The van der Waals surface area contributed by atoms with Crippen molar-refractivity contribution in [2.45, 2.75) is 5.41 Å². The van der Waals surface area contributed by atoms with Crippen molar-refractivity contribution in [1.29, 1.82) is 0 Å². The van der Waals surface area contributed by atoms with E-state index in [-0.39, 0.29) is 23.8 Å². The molecule has 0 spiro atoms. The second-order valence-corrected chi connectivity index (χ2v) is 6.39. The van der Waals surface area contributed by atoms with Crippen LogP contribution < -0.4 is 0 Å². The minimum absolute atomic E-state index is 0.0378. The van der Waals surface area contributed by atoms with E-state index in [4.69, 9.17) is 5.11 Å². The molecule has 0 saturated heterocycles. The number of amidine groups is 1. The first-order chi connectivity index (χ1) is 13.0. The van der Waals surface area contributed by atoms with E-state index < -0.39 is 11.4 Å². The van der Waals surface area contributed by atoms with Gasteiger partial charge in [0.05, 0.1) is 12.1 Å². The summed E-state index contributed by atoms with van der Waals surface area (Å²) >= 11 is 0. The molecule has 2 N–H and O–H groups in total. The topological polar surface area (TPSA) is 90.2 Å². The molecule has 0 aromatic heterocycles. The third kappa shape index (κ3) is 2.62. The van der Waals surface area contributed by atoms with Gasteiger partial charge in [0.1, 0.15) is 17.0 Å². The zero-order valence-electron chi connectivity index (χ0n) is 14.2. The number of aromatic carboxylic acids is 1. The van der Waals surface area contributed by atoms with Crippen molar-refractivity contribution in [2.24, 2.45) is 4.99 Å². The Morgan fingerprint density at radius 3 is 2.37 bits per heavy atom. The number of hydrogen-bond acceptors (Lipinski definition) is 4. The number of benzene rings is 2. The number of nitrogens with zero attached hydrogens (tertiary/aromatic N) is 2. The first-order valence-electron chi connectivity index (χ1n) is 8.39. The monoisotopic (exact) mass is 360 g/mol. The van der Waals surface area contributed by atoms with E-state index >= 15 is 0 Å². The van der Waals surface area contributed by atoms with Gasteiger partial charge in [-0.15, -0.1) is 0 Å². The first-order valence-corrected chi connectivity index (χ1v) is 8.39. The van der Waals surface area contributed by atoms with Gasteiger partial charge >= 0.3 is 5.97 Å². The third-order valence-electron chi connectivity index (χ3n) is 4.87. The summed E-state index contributed by atoms with van der Waals surface area (Å²) in [6.45, 7) is 0.158. The van der Waals surface area contributed by atoms with Crippen molar-refractivity contribution < 1.29 is 19.8 Å². The fourth-order valence-corrected chi connectivity index (χ4v) is 3.46. The fourth-order valence-electron chi connectivity index (χ4n) is 3.46. The number of allylic oxidation sites excluding steroid dienone is 1. The van der Waals surface area contributed by atoms with Gasteiger partial charge in [-0.05, 0) is 29.3 Å². The molecule has 6 heteroatoms. The van der Waals surface area contributed by atoms with Crippen LogP contribution in [-0.4, -0.2) is 39.4 Å². The summed E-state index contributed by atoms with van der Waals surface area (Å²) < 4.78 is 0. The average molecular weight is 360 g/mol. The Labute approximate surface area is 155 Å². The maximum atomic E-state index is 13.6. The molecular formula is C21H16N2O4. The molecule has 0 fully saturated rings. The molecule has 1 atom stereocenters. The predicted molar refractivity (Wildman–Crippen MR) is 99.6 cm³/mol. The van der Waals surface area contributed by atoms with Crippen LogP contribution in [0.3, 0.4) is 0 Å². The van der Waals surface area contributed by atoms with Gasteiger partial charge < -0.3 is 10.2 Å². The van der Waals surface area contributed by atoms with Gasteiger partial charge in [0.2, 0.25) is 5.91 Å². The second kappa shape index (κ2) is 6.25. The van der Waals surface area contributed by atoms with Crippen LogP contribution in [0.5, 0.6) is 0 Å². The number of carbonyl (C=O) groups excluding carboxylic acids is 1. The van der Waals surface area contributed by atoms with Crippen molar-refractivity contribution in [3.63, 3.8) is 0 Å². The molecule has 0 radical (unpaired) electrons. The van der Waals surface area contributed by atoms with Crippen molar-refractivity contribution >= 4 is 17.7 Å². The van der Waals surface area contributed by atoms with Crippen LogP contribution in [0, 0.1) is 0 Å². The Morgan fingerprint density at radius 1 is 1.04 bits per heavy atom. The molecule has 0 aliphatic carbocycles. The van der Waals surface area contributed by atoms with Gasteiger partial charge in [-0.25, -0.2) is 4.79 Å². The Balaban J connectivity index is 1.90. The van der Waals surface area contributed by atoms with Crippen molar-refractivity contribution in [3.8, 4) is 0 Å². The van der Waals surface area contributed by atoms with E-state index in [2.05, 4.69) is 4.99 Å². The molecular weight excluding hydrogens is 344 g/mol. The first kappa shape index (κ1) is 16.8. The summed E-state index contributed by atoms with van der Waals surface area (Å²) in [6.07, 6.45) is 4.38. The molecule has 4 rings (SSSR count). The van der Waals surface area contributed by atoms with Gasteiger partial charge in [-0.1, -0.05) is 42.5 Å². The van der Waals surface area contributed by atoms with Crippen LogP contribution in [0.2, 0.25) is 0 Å². The number of rotatable bonds is 3. The predicted octanol–water partition coefficient (Wildman–Crippen LogP) is 2.88.